The van der Waals surface area contributed by atoms with Gasteiger partial charge < -0.3 is 9.73 Å². The summed E-state index contributed by atoms with van der Waals surface area (Å²) in [5, 5.41) is 12.1. The fourth-order valence-electron chi connectivity index (χ4n) is 2.44. The number of furan rings is 1. The Balaban J connectivity index is 1.41. The molecule has 0 radical (unpaired) electrons. The molecule has 0 spiro atoms. The van der Waals surface area contributed by atoms with Crippen molar-refractivity contribution >= 4 is 33.3 Å². The number of hydrogen-bond acceptors (Lipinski definition) is 7. The van der Waals surface area contributed by atoms with E-state index in [-0.39, 0.29) is 24.4 Å². The highest BCUT2D eigenvalue weighted by atomic mass is 32.1. The number of aryl methyl sites for hydroxylation is 1. The van der Waals surface area contributed by atoms with Crippen molar-refractivity contribution in [1.29, 1.82) is 0 Å². The van der Waals surface area contributed by atoms with Gasteiger partial charge in [0.2, 0.25) is 11.0 Å². The van der Waals surface area contributed by atoms with Gasteiger partial charge in [0.25, 0.3) is 5.56 Å². The van der Waals surface area contributed by atoms with Gasteiger partial charge in [-0.3, -0.25) is 14.2 Å². The molecule has 0 aliphatic rings. The van der Waals surface area contributed by atoms with Crippen LogP contribution in [-0.2, 0) is 11.3 Å². The van der Waals surface area contributed by atoms with Crippen LogP contribution < -0.4 is 10.9 Å². The molecule has 1 N–H and O–H groups in total. The lowest BCUT2D eigenvalue weighted by Crippen LogP contribution is -2.23. The number of hydrogen-bond donors (Lipinski definition) is 1. The first-order valence-electron chi connectivity index (χ1n) is 7.82. The monoisotopic (exact) mass is 367 g/mol. The highest BCUT2D eigenvalue weighted by Gasteiger charge is 2.12. The Morgan fingerprint density at radius 2 is 2.08 bits per heavy atom. The van der Waals surface area contributed by atoms with Crippen molar-refractivity contribution in [3.63, 3.8) is 0 Å². The van der Waals surface area contributed by atoms with Gasteiger partial charge in [-0.2, -0.15) is 0 Å². The van der Waals surface area contributed by atoms with Gasteiger partial charge in [-0.05, 0) is 24.3 Å². The van der Waals surface area contributed by atoms with Gasteiger partial charge in [0.05, 0.1) is 23.5 Å². The van der Waals surface area contributed by atoms with E-state index in [0.29, 0.717) is 26.8 Å². The van der Waals surface area contributed by atoms with Crippen molar-refractivity contribution in [3.05, 3.63) is 59.3 Å². The summed E-state index contributed by atoms with van der Waals surface area (Å²) in [6.07, 6.45) is 3.12. The molecule has 0 aliphatic carbocycles. The molecule has 130 valence electrons. The maximum atomic E-state index is 12.4. The van der Waals surface area contributed by atoms with Crippen molar-refractivity contribution in [2.45, 2.75) is 13.0 Å². The summed E-state index contributed by atoms with van der Waals surface area (Å²) in [6, 6.07) is 10.6. The largest absolute Gasteiger partial charge is 0.462 e. The Hall–Kier alpha value is -3.33. The van der Waals surface area contributed by atoms with E-state index in [2.05, 4.69) is 20.5 Å². The molecular weight excluding hydrogens is 354 g/mol. The second-order valence-corrected chi connectivity index (χ2v) is 6.43. The molecule has 9 heteroatoms. The van der Waals surface area contributed by atoms with Gasteiger partial charge >= 0.3 is 0 Å². The molecule has 26 heavy (non-hydrogen) atoms. The molecule has 3 heterocycles. The zero-order chi connectivity index (χ0) is 17.9. The summed E-state index contributed by atoms with van der Waals surface area (Å²) >= 11 is 1.22. The molecule has 0 atom stereocenters. The van der Waals surface area contributed by atoms with Crippen molar-refractivity contribution < 1.29 is 9.21 Å². The average molecular weight is 367 g/mol. The highest BCUT2D eigenvalue weighted by Crippen LogP contribution is 2.26. The summed E-state index contributed by atoms with van der Waals surface area (Å²) in [6.45, 7) is 0.229. The predicted molar refractivity (Wildman–Crippen MR) is 96.9 cm³/mol. The van der Waals surface area contributed by atoms with Crippen LogP contribution in [-0.4, -0.2) is 25.7 Å². The number of rotatable bonds is 5. The lowest BCUT2D eigenvalue weighted by atomic mass is 10.2. The van der Waals surface area contributed by atoms with Gasteiger partial charge in [0, 0.05) is 13.0 Å². The molecule has 8 nitrogen and oxygen atoms in total. The van der Waals surface area contributed by atoms with Gasteiger partial charge in [-0.15, -0.1) is 10.2 Å². The fraction of sp³-hybridized carbons (Fsp3) is 0.118. The first-order chi connectivity index (χ1) is 12.7. The number of para-hydroxylation sites is 1. The number of nitrogens with one attached hydrogen (secondary N) is 1. The van der Waals surface area contributed by atoms with E-state index in [1.165, 1.54) is 22.2 Å². The third-order valence-electron chi connectivity index (χ3n) is 3.71. The van der Waals surface area contributed by atoms with Crippen molar-refractivity contribution in [3.8, 4) is 10.8 Å². The van der Waals surface area contributed by atoms with Gasteiger partial charge in [-0.1, -0.05) is 23.5 Å². The second-order valence-electron chi connectivity index (χ2n) is 5.45. The lowest BCUT2D eigenvalue weighted by molar-refractivity contribution is -0.116. The summed E-state index contributed by atoms with van der Waals surface area (Å²) in [5.74, 6) is 0.337. The number of benzene rings is 1. The van der Waals surface area contributed by atoms with E-state index in [1.54, 1.807) is 36.6 Å². The van der Waals surface area contributed by atoms with Crippen LogP contribution in [0.25, 0.3) is 21.7 Å². The Morgan fingerprint density at radius 1 is 1.19 bits per heavy atom. The summed E-state index contributed by atoms with van der Waals surface area (Å²) in [4.78, 5) is 28.8. The van der Waals surface area contributed by atoms with Crippen LogP contribution in [0.5, 0.6) is 0 Å². The van der Waals surface area contributed by atoms with E-state index < -0.39 is 0 Å². The number of aromatic nitrogens is 4. The maximum absolute atomic E-state index is 12.4. The molecule has 1 aromatic carbocycles. The Labute approximate surface area is 151 Å². The first-order valence-corrected chi connectivity index (χ1v) is 8.64. The van der Waals surface area contributed by atoms with E-state index in [0.717, 1.165) is 0 Å². The summed E-state index contributed by atoms with van der Waals surface area (Å²) < 4.78 is 6.67. The smallest absolute Gasteiger partial charge is 0.261 e. The van der Waals surface area contributed by atoms with Gasteiger partial charge in [0.1, 0.15) is 0 Å². The number of anilines is 1. The molecule has 4 rings (SSSR count). The molecule has 0 saturated heterocycles. The number of carbonyl (C=O) groups is 1. The van der Waals surface area contributed by atoms with Crippen molar-refractivity contribution in [2.75, 3.05) is 5.32 Å². The standard InChI is InChI=1S/C17H13N5O3S/c23-14(19-17-21-20-15(26-17)13-6-3-9-25-13)7-8-22-10-18-12-5-2-1-4-11(12)16(22)24/h1-6,9-10H,7-8H2,(H,19,21,23). The highest BCUT2D eigenvalue weighted by molar-refractivity contribution is 7.18. The zero-order valence-corrected chi connectivity index (χ0v) is 14.3. The molecule has 0 aliphatic heterocycles. The van der Waals surface area contributed by atoms with E-state index in [9.17, 15) is 9.59 Å². The lowest BCUT2D eigenvalue weighted by Gasteiger charge is -2.06. The molecule has 3 aromatic heterocycles. The number of fused-ring (bicyclic) bond motifs is 1. The minimum Gasteiger partial charge on any atom is -0.462 e. The second kappa shape index (κ2) is 6.89. The Morgan fingerprint density at radius 3 is 2.92 bits per heavy atom. The third-order valence-corrected chi connectivity index (χ3v) is 4.57. The van der Waals surface area contributed by atoms with Gasteiger partial charge in [-0.25, -0.2) is 4.98 Å². The normalized spacial score (nSPS) is 10.9. The quantitative estimate of drug-likeness (QED) is 0.581. The summed E-state index contributed by atoms with van der Waals surface area (Å²) in [7, 11) is 0. The maximum Gasteiger partial charge on any atom is 0.261 e. The number of carbonyl (C=O) groups excluding carboxylic acids is 1. The topological polar surface area (TPSA) is 103 Å². The van der Waals surface area contributed by atoms with Gasteiger partial charge in [0.15, 0.2) is 10.8 Å². The molecule has 0 saturated carbocycles. The molecule has 0 unspecified atom stereocenters. The van der Waals surface area contributed by atoms with Crippen LogP contribution in [0.4, 0.5) is 5.13 Å². The SMILES string of the molecule is O=C(CCn1cnc2ccccc2c1=O)Nc1nnc(-c2ccco2)s1. The van der Waals surface area contributed by atoms with E-state index in [1.807, 2.05) is 6.07 Å². The van der Waals surface area contributed by atoms with Crippen LogP contribution in [0.1, 0.15) is 6.42 Å². The van der Waals surface area contributed by atoms with Crippen LogP contribution in [0.15, 0.2) is 58.2 Å². The van der Waals surface area contributed by atoms with Crippen molar-refractivity contribution in [2.24, 2.45) is 0 Å². The average Bonchev–Trinajstić information content (AvgIpc) is 3.33. The molecule has 1 amide bonds. The third kappa shape index (κ3) is 3.24. The molecule has 0 bridgehead atoms. The Bertz CT molecular complexity index is 1120. The Kier molecular flexibility index (Phi) is 4.28. The van der Waals surface area contributed by atoms with Crippen LogP contribution in [0, 0.1) is 0 Å². The number of amides is 1. The first kappa shape index (κ1) is 16.2. The minimum absolute atomic E-state index is 0.121. The van der Waals surface area contributed by atoms with E-state index >= 15 is 0 Å². The predicted octanol–water partition coefficient (Wildman–Crippen LogP) is 2.54. The van der Waals surface area contributed by atoms with Crippen LogP contribution >= 0.6 is 11.3 Å². The minimum atomic E-state index is -0.257. The molecule has 0 fully saturated rings. The molecule has 4 aromatic rings. The van der Waals surface area contributed by atoms with Crippen LogP contribution in [0.3, 0.4) is 0 Å². The fourth-order valence-corrected chi connectivity index (χ4v) is 3.17. The molecular formula is C17H13N5O3S. The summed E-state index contributed by atoms with van der Waals surface area (Å²) in [5.41, 5.74) is 0.469. The van der Waals surface area contributed by atoms with Crippen LogP contribution in [0.2, 0.25) is 0 Å². The van der Waals surface area contributed by atoms with Crippen molar-refractivity contribution in [1.82, 2.24) is 19.7 Å². The van der Waals surface area contributed by atoms with E-state index in [4.69, 9.17) is 4.42 Å². The zero-order valence-electron chi connectivity index (χ0n) is 13.5. The number of nitrogens with zero attached hydrogens (tertiary/aromatic N) is 4.